The maximum atomic E-state index is 11.7. The average molecular weight is 464 g/mol. The molecule has 0 fully saturated rings. The molecule has 0 bridgehead atoms. The minimum atomic E-state index is -0.0435. The molecule has 2 N–H and O–H groups in total. The van der Waals surface area contributed by atoms with E-state index in [0.717, 1.165) is 12.2 Å². The highest BCUT2D eigenvalue weighted by molar-refractivity contribution is 14.0. The van der Waals surface area contributed by atoms with Gasteiger partial charge in [0, 0.05) is 34.3 Å². The van der Waals surface area contributed by atoms with E-state index < -0.39 is 0 Å². The van der Waals surface area contributed by atoms with Gasteiger partial charge in [-0.05, 0) is 24.1 Å². The van der Waals surface area contributed by atoms with E-state index >= 15 is 0 Å². The Hall–Kier alpha value is -1.55. The molecule has 0 heterocycles. The second-order valence-corrected chi connectivity index (χ2v) is 5.40. The molecular weight excluding hydrogens is 435 g/mol. The summed E-state index contributed by atoms with van der Waals surface area (Å²) in [5, 5.41) is 6.37. The quantitative estimate of drug-likeness (QED) is 0.248. The molecule has 0 aromatic heterocycles. The number of carbonyl (C=O) groups is 1. The Morgan fingerprint density at radius 2 is 1.76 bits per heavy atom. The molecule has 0 atom stereocenters. The number of benzene rings is 1. The van der Waals surface area contributed by atoms with Gasteiger partial charge in [0.25, 0.3) is 0 Å². The third-order valence-electron chi connectivity index (χ3n) is 3.34. The topological polar surface area (TPSA) is 75.2 Å². The van der Waals surface area contributed by atoms with Crippen molar-refractivity contribution in [1.29, 1.82) is 0 Å². The lowest BCUT2D eigenvalue weighted by Crippen LogP contribution is -2.40. The lowest BCUT2D eigenvalue weighted by molar-refractivity contribution is -0.127. The highest BCUT2D eigenvalue weighted by Gasteiger charge is 2.04. The van der Waals surface area contributed by atoms with E-state index in [1.807, 2.05) is 24.3 Å². The summed E-state index contributed by atoms with van der Waals surface area (Å²) in [5.74, 6) is 1.41. The highest BCUT2D eigenvalue weighted by atomic mass is 127. The van der Waals surface area contributed by atoms with Crippen molar-refractivity contribution >= 4 is 35.8 Å². The zero-order valence-electron chi connectivity index (χ0n) is 15.4. The van der Waals surface area contributed by atoms with Crippen molar-refractivity contribution in [2.75, 3.05) is 54.6 Å². The van der Waals surface area contributed by atoms with E-state index in [-0.39, 0.29) is 36.4 Å². The zero-order chi connectivity index (χ0) is 17.8. The number of aliphatic imine (C=N–C) groups is 1. The predicted molar refractivity (Wildman–Crippen MR) is 111 cm³/mol. The van der Waals surface area contributed by atoms with E-state index in [0.29, 0.717) is 25.7 Å². The van der Waals surface area contributed by atoms with Gasteiger partial charge in [-0.15, -0.1) is 24.0 Å². The van der Waals surface area contributed by atoms with Gasteiger partial charge in [-0.3, -0.25) is 4.79 Å². The standard InChI is InChI=1S/C17H28N4O3.HI/c1-21(2)16(22)13-20-17(19-11-12-23-3)18-10-9-14-5-7-15(24-4)8-6-14;/h5-8H,9-13H2,1-4H3,(H2,18,19,20);1H. The minimum Gasteiger partial charge on any atom is -0.497 e. The summed E-state index contributed by atoms with van der Waals surface area (Å²) >= 11 is 0. The van der Waals surface area contributed by atoms with E-state index in [1.54, 1.807) is 28.3 Å². The summed E-state index contributed by atoms with van der Waals surface area (Å²) in [6, 6.07) is 7.95. The van der Waals surface area contributed by atoms with Gasteiger partial charge in [0.05, 0.1) is 13.7 Å². The fourth-order valence-electron chi connectivity index (χ4n) is 1.85. The van der Waals surface area contributed by atoms with E-state index in [1.165, 1.54) is 10.5 Å². The Bertz CT molecular complexity index is 521. The van der Waals surface area contributed by atoms with Crippen LogP contribution in [0.15, 0.2) is 29.3 Å². The summed E-state index contributed by atoms with van der Waals surface area (Å²) < 4.78 is 10.2. The number of amides is 1. The number of ether oxygens (including phenoxy) is 2. The molecule has 0 saturated heterocycles. The maximum absolute atomic E-state index is 11.7. The molecule has 1 aromatic rings. The van der Waals surface area contributed by atoms with Crippen LogP contribution < -0.4 is 15.4 Å². The van der Waals surface area contributed by atoms with Crippen molar-refractivity contribution in [2.24, 2.45) is 4.99 Å². The smallest absolute Gasteiger partial charge is 0.243 e. The summed E-state index contributed by atoms with van der Waals surface area (Å²) in [6.07, 6.45) is 0.844. The largest absolute Gasteiger partial charge is 0.497 e. The minimum absolute atomic E-state index is 0. The number of carbonyl (C=O) groups excluding carboxylic acids is 1. The molecule has 0 unspecified atom stereocenters. The Labute approximate surface area is 167 Å². The normalized spacial score (nSPS) is 10.6. The predicted octanol–water partition coefficient (Wildman–Crippen LogP) is 1.13. The van der Waals surface area contributed by atoms with Crippen LogP contribution in [-0.2, 0) is 16.0 Å². The lowest BCUT2D eigenvalue weighted by atomic mass is 10.1. The first-order chi connectivity index (χ1) is 11.6. The van der Waals surface area contributed by atoms with Gasteiger partial charge in [0.1, 0.15) is 12.3 Å². The number of methoxy groups -OCH3 is 2. The SMILES string of the molecule is COCCNC(=NCC(=O)N(C)C)NCCc1ccc(OC)cc1.I. The Balaban J connectivity index is 0.00000576. The summed E-state index contributed by atoms with van der Waals surface area (Å²) in [7, 11) is 6.73. The van der Waals surface area contributed by atoms with Gasteiger partial charge < -0.3 is 25.0 Å². The first-order valence-corrected chi connectivity index (χ1v) is 7.91. The molecule has 0 aliphatic rings. The van der Waals surface area contributed by atoms with Crippen LogP contribution in [0.1, 0.15) is 5.56 Å². The zero-order valence-corrected chi connectivity index (χ0v) is 17.7. The third kappa shape index (κ3) is 10.1. The fourth-order valence-corrected chi connectivity index (χ4v) is 1.85. The van der Waals surface area contributed by atoms with Crippen molar-refractivity contribution in [3.63, 3.8) is 0 Å². The van der Waals surface area contributed by atoms with E-state index in [2.05, 4.69) is 15.6 Å². The van der Waals surface area contributed by atoms with Crippen LogP contribution in [0, 0.1) is 0 Å². The number of halogens is 1. The van der Waals surface area contributed by atoms with Crippen molar-refractivity contribution < 1.29 is 14.3 Å². The molecule has 142 valence electrons. The molecule has 0 aliphatic carbocycles. The number of rotatable bonds is 9. The van der Waals surface area contributed by atoms with E-state index in [9.17, 15) is 4.79 Å². The third-order valence-corrected chi connectivity index (χ3v) is 3.34. The van der Waals surface area contributed by atoms with Gasteiger partial charge in [-0.1, -0.05) is 12.1 Å². The van der Waals surface area contributed by atoms with Crippen molar-refractivity contribution in [3.8, 4) is 5.75 Å². The summed E-state index contributed by atoms with van der Waals surface area (Å²) in [4.78, 5) is 17.5. The first kappa shape index (κ1) is 23.4. The van der Waals surface area contributed by atoms with Crippen molar-refractivity contribution in [2.45, 2.75) is 6.42 Å². The molecule has 0 radical (unpaired) electrons. The van der Waals surface area contributed by atoms with Crippen LogP contribution >= 0.6 is 24.0 Å². The molecule has 7 nitrogen and oxygen atoms in total. The van der Waals surface area contributed by atoms with Crippen LogP contribution in [-0.4, -0.2) is 71.3 Å². The molecule has 0 saturated carbocycles. The van der Waals surface area contributed by atoms with Gasteiger partial charge >= 0.3 is 0 Å². The number of nitrogens with one attached hydrogen (secondary N) is 2. The van der Waals surface area contributed by atoms with E-state index in [4.69, 9.17) is 9.47 Å². The van der Waals surface area contributed by atoms with Gasteiger partial charge in [0.15, 0.2) is 5.96 Å². The Kier molecular flexibility index (Phi) is 12.9. The van der Waals surface area contributed by atoms with Crippen LogP contribution in [0.25, 0.3) is 0 Å². The van der Waals surface area contributed by atoms with Crippen molar-refractivity contribution in [1.82, 2.24) is 15.5 Å². The molecule has 1 aromatic carbocycles. The Morgan fingerprint density at radius 3 is 2.32 bits per heavy atom. The summed E-state index contributed by atoms with van der Waals surface area (Å²) in [6.45, 7) is 2.01. The van der Waals surface area contributed by atoms with Crippen molar-refractivity contribution in [3.05, 3.63) is 29.8 Å². The number of hydrogen-bond donors (Lipinski definition) is 2. The number of likely N-dealkylation sites (N-methyl/N-ethyl adjacent to an activating group) is 1. The lowest BCUT2D eigenvalue weighted by Gasteiger charge is -2.13. The molecule has 0 spiro atoms. The molecule has 1 rings (SSSR count). The second kappa shape index (κ2) is 13.7. The van der Waals surface area contributed by atoms with Gasteiger partial charge in [0.2, 0.25) is 5.91 Å². The first-order valence-electron chi connectivity index (χ1n) is 7.91. The fraction of sp³-hybridized carbons (Fsp3) is 0.529. The summed E-state index contributed by atoms with van der Waals surface area (Å²) in [5.41, 5.74) is 1.20. The highest BCUT2D eigenvalue weighted by Crippen LogP contribution is 2.11. The Morgan fingerprint density at radius 1 is 1.12 bits per heavy atom. The molecule has 1 amide bonds. The molecule has 25 heavy (non-hydrogen) atoms. The van der Waals surface area contributed by atoms with Gasteiger partial charge in [-0.2, -0.15) is 0 Å². The van der Waals surface area contributed by atoms with Gasteiger partial charge in [-0.25, -0.2) is 4.99 Å². The maximum Gasteiger partial charge on any atom is 0.243 e. The van der Waals surface area contributed by atoms with Crippen LogP contribution in [0.4, 0.5) is 0 Å². The molecule has 0 aliphatic heterocycles. The monoisotopic (exact) mass is 464 g/mol. The number of hydrogen-bond acceptors (Lipinski definition) is 4. The van der Waals surface area contributed by atoms with Crippen LogP contribution in [0.3, 0.4) is 0 Å². The van der Waals surface area contributed by atoms with Crippen LogP contribution in [0.5, 0.6) is 5.75 Å². The number of nitrogens with zero attached hydrogens (tertiary/aromatic N) is 2. The van der Waals surface area contributed by atoms with Crippen LogP contribution in [0.2, 0.25) is 0 Å². The average Bonchev–Trinajstić information content (AvgIpc) is 2.59. The molecule has 8 heteroatoms. The number of guanidine groups is 1. The second-order valence-electron chi connectivity index (χ2n) is 5.40. The molecular formula is C17H29IN4O3.